The topological polar surface area (TPSA) is 39.4 Å². The summed E-state index contributed by atoms with van der Waals surface area (Å²) in [5.41, 5.74) is 34.6. The third-order valence-electron chi connectivity index (χ3n) is 27.2. The molecule has 0 atom stereocenters. The fourth-order valence-corrected chi connectivity index (χ4v) is 21.0. The van der Waals surface area contributed by atoms with E-state index in [0.717, 1.165) is 71.4 Å². The molecule has 135 heavy (non-hydrogen) atoms. The highest BCUT2D eigenvalue weighted by Crippen LogP contribution is 2.51. The second kappa shape index (κ2) is 33.9. The molecular formula is C132H84O3. The van der Waals surface area contributed by atoms with Gasteiger partial charge >= 0.3 is 0 Å². The molecule has 24 aromatic carbocycles. The summed E-state index contributed by atoms with van der Waals surface area (Å²) in [4.78, 5) is 0. The first-order valence-electron chi connectivity index (χ1n) is 46.3. The first-order chi connectivity index (χ1) is 67.0. The number of hydrogen-bond donors (Lipinski definition) is 0. The van der Waals surface area contributed by atoms with E-state index in [1.165, 1.54) is 193 Å². The predicted molar refractivity (Wildman–Crippen MR) is 571 cm³/mol. The van der Waals surface area contributed by atoms with Gasteiger partial charge in [-0.25, -0.2) is 0 Å². The SMILES string of the molecule is c1ccc(-c2ccc(-c3ccc4c(c3)oc3ccc(-c5c6ccccc6c(-c6ccccc6)c6ccccc56)cc34)cc2)cc1.c1ccc(-c2ccc(-c3ccc4oc5ccc(-c6c7ccccc7c(-c7ccccc7)c7ccccc67)cc5c4c3)cc2)cc1.c1ccc(-c2cccc(-c3cccc4oc5ccc(-c6c7ccccc7c(-c7ccccc7)c7ccccc67)cc5c34)c2)cc1. The van der Waals surface area contributed by atoms with Crippen LogP contribution in [0.2, 0.25) is 0 Å². The van der Waals surface area contributed by atoms with Crippen molar-refractivity contribution in [3.8, 4) is 134 Å². The molecule has 3 aromatic heterocycles. The maximum absolute atomic E-state index is 6.47. The van der Waals surface area contributed by atoms with Gasteiger partial charge in [-0.05, 0) is 271 Å². The van der Waals surface area contributed by atoms with Crippen molar-refractivity contribution in [3.05, 3.63) is 510 Å². The van der Waals surface area contributed by atoms with E-state index in [-0.39, 0.29) is 0 Å². The van der Waals surface area contributed by atoms with Gasteiger partial charge in [-0.1, -0.05) is 437 Å². The summed E-state index contributed by atoms with van der Waals surface area (Å²) in [7, 11) is 0. The van der Waals surface area contributed by atoms with E-state index < -0.39 is 0 Å². The van der Waals surface area contributed by atoms with Gasteiger partial charge in [0.05, 0.1) is 0 Å². The second-order valence-corrected chi connectivity index (χ2v) is 35.0. The van der Waals surface area contributed by atoms with Crippen LogP contribution in [0.25, 0.3) is 264 Å². The molecule has 3 heteroatoms. The van der Waals surface area contributed by atoms with Gasteiger partial charge < -0.3 is 13.3 Å². The molecule has 0 spiro atoms. The van der Waals surface area contributed by atoms with Gasteiger partial charge in [0.15, 0.2) is 0 Å². The highest BCUT2D eigenvalue weighted by Gasteiger charge is 2.25. The standard InChI is InChI=1S/3C44H28O/c1-3-13-29(14-4-1)31-17-11-18-32(27-31)34-23-12-24-41-44(34)39-28-33(25-26-40(39)45-41)43-37-21-9-7-19-35(37)42(30-15-5-2-6-16-30)36-20-8-10-22-38(36)43;1-3-11-29(12-4-1)30-19-21-31(22-20-30)33-23-25-35-40-27-34(24-26-41(40)45-42(35)28-33)44-38-17-9-7-15-36(38)43(32-13-5-2-6-14-32)37-16-8-10-18-39(37)44;1-3-11-29(12-4-1)30-19-21-31(22-20-30)33-23-25-41-39(27-33)40-28-34(24-26-42(40)45-41)44-37-17-9-7-15-35(37)43(32-13-5-2-6-14-32)36-16-8-10-18-38(36)44/h3*1-28H. The summed E-state index contributed by atoms with van der Waals surface area (Å²) in [5, 5.41) is 21.9. The number of fused-ring (bicyclic) bond motifs is 15. The maximum Gasteiger partial charge on any atom is 0.136 e. The molecule has 630 valence electrons. The Bertz CT molecular complexity index is 9060. The van der Waals surface area contributed by atoms with Gasteiger partial charge in [0, 0.05) is 32.3 Å². The molecule has 27 rings (SSSR count). The summed E-state index contributed by atoms with van der Waals surface area (Å²) in [6.07, 6.45) is 0. The van der Waals surface area contributed by atoms with Crippen LogP contribution in [0.3, 0.4) is 0 Å². The quantitative estimate of drug-likeness (QED) is 0.114. The molecule has 3 heterocycles. The van der Waals surface area contributed by atoms with Crippen molar-refractivity contribution < 1.29 is 13.3 Å². The fraction of sp³-hybridized carbons (Fsp3) is 0. The zero-order valence-electron chi connectivity index (χ0n) is 73.7. The van der Waals surface area contributed by atoms with Crippen LogP contribution in [0.15, 0.2) is 523 Å². The lowest BCUT2D eigenvalue weighted by Crippen LogP contribution is -1.90. The Morgan fingerprint density at radius 1 is 0.0963 bits per heavy atom. The first-order valence-corrected chi connectivity index (χ1v) is 46.3. The van der Waals surface area contributed by atoms with E-state index in [9.17, 15) is 0 Å². The molecule has 0 aliphatic heterocycles. The van der Waals surface area contributed by atoms with Crippen molar-refractivity contribution in [2.45, 2.75) is 0 Å². The third-order valence-corrected chi connectivity index (χ3v) is 27.2. The largest absolute Gasteiger partial charge is 0.456 e. The Morgan fingerprint density at radius 3 is 0.674 bits per heavy atom. The molecule has 0 unspecified atom stereocenters. The lowest BCUT2D eigenvalue weighted by atomic mass is 9.85. The van der Waals surface area contributed by atoms with E-state index in [1.807, 2.05) is 0 Å². The average molecular weight is 1720 g/mol. The van der Waals surface area contributed by atoms with Gasteiger partial charge in [-0.3, -0.25) is 0 Å². The average Bonchev–Trinajstić information content (AvgIpc) is 1.45. The van der Waals surface area contributed by atoms with Crippen molar-refractivity contribution in [1.82, 2.24) is 0 Å². The molecule has 0 N–H and O–H groups in total. The van der Waals surface area contributed by atoms with Crippen molar-refractivity contribution in [2.75, 3.05) is 0 Å². The zero-order chi connectivity index (χ0) is 89.2. The van der Waals surface area contributed by atoms with Crippen LogP contribution in [0, 0.1) is 0 Å². The number of benzene rings is 24. The van der Waals surface area contributed by atoms with E-state index >= 15 is 0 Å². The fourth-order valence-electron chi connectivity index (χ4n) is 21.0. The molecule has 27 aromatic rings. The van der Waals surface area contributed by atoms with Crippen molar-refractivity contribution in [1.29, 1.82) is 0 Å². The Labute approximate surface area is 781 Å². The Balaban J connectivity index is 0.000000108. The van der Waals surface area contributed by atoms with E-state index in [2.05, 4.69) is 510 Å². The molecule has 0 aliphatic carbocycles. The van der Waals surface area contributed by atoms with Crippen LogP contribution in [-0.2, 0) is 0 Å². The van der Waals surface area contributed by atoms with Gasteiger partial charge in [0.25, 0.3) is 0 Å². The second-order valence-electron chi connectivity index (χ2n) is 35.0. The molecule has 3 nitrogen and oxygen atoms in total. The molecule has 0 radical (unpaired) electrons. The zero-order valence-corrected chi connectivity index (χ0v) is 73.7. The lowest BCUT2D eigenvalue weighted by Gasteiger charge is -2.17. The highest BCUT2D eigenvalue weighted by atomic mass is 16.3. The van der Waals surface area contributed by atoms with E-state index in [1.54, 1.807) is 0 Å². The predicted octanol–water partition coefficient (Wildman–Crippen LogP) is 37.7. The van der Waals surface area contributed by atoms with Crippen molar-refractivity contribution in [2.24, 2.45) is 0 Å². The van der Waals surface area contributed by atoms with Gasteiger partial charge in [0.1, 0.15) is 33.5 Å². The minimum absolute atomic E-state index is 0.898. The van der Waals surface area contributed by atoms with Crippen LogP contribution < -0.4 is 0 Å². The Kier molecular flexibility index (Phi) is 20.0. The number of hydrogen-bond acceptors (Lipinski definition) is 3. The first kappa shape index (κ1) is 79.4. The Morgan fingerprint density at radius 2 is 0.311 bits per heavy atom. The summed E-state index contributed by atoms with van der Waals surface area (Å²) in [6.45, 7) is 0. The summed E-state index contributed by atoms with van der Waals surface area (Å²) >= 11 is 0. The molecule has 0 saturated heterocycles. The summed E-state index contributed by atoms with van der Waals surface area (Å²) < 4.78 is 19.3. The minimum atomic E-state index is 0.898. The molecule has 0 fully saturated rings. The molecule has 0 saturated carbocycles. The lowest BCUT2D eigenvalue weighted by molar-refractivity contribution is 0.668. The van der Waals surface area contributed by atoms with E-state index in [0.29, 0.717) is 0 Å². The highest BCUT2D eigenvalue weighted by molar-refractivity contribution is 6.26. The van der Waals surface area contributed by atoms with Gasteiger partial charge in [0.2, 0.25) is 0 Å². The Hall–Kier alpha value is -17.8. The minimum Gasteiger partial charge on any atom is -0.456 e. The van der Waals surface area contributed by atoms with Crippen molar-refractivity contribution in [3.63, 3.8) is 0 Å². The summed E-state index contributed by atoms with van der Waals surface area (Å²) in [6, 6.07) is 183. The van der Waals surface area contributed by atoms with Crippen molar-refractivity contribution >= 4 is 130 Å². The monoisotopic (exact) mass is 1720 g/mol. The number of rotatable bonds is 12. The van der Waals surface area contributed by atoms with Crippen LogP contribution in [-0.4, -0.2) is 0 Å². The molecule has 0 aliphatic rings. The maximum atomic E-state index is 6.47. The molecule has 0 bridgehead atoms. The van der Waals surface area contributed by atoms with E-state index in [4.69, 9.17) is 13.3 Å². The van der Waals surface area contributed by atoms with Crippen LogP contribution in [0.5, 0.6) is 0 Å². The third kappa shape index (κ3) is 14.3. The van der Waals surface area contributed by atoms with Crippen LogP contribution in [0.4, 0.5) is 0 Å². The molecule has 0 amide bonds. The smallest absolute Gasteiger partial charge is 0.136 e. The summed E-state index contributed by atoms with van der Waals surface area (Å²) in [5.74, 6) is 0. The van der Waals surface area contributed by atoms with Crippen LogP contribution in [0.1, 0.15) is 0 Å². The molecular weight excluding hydrogens is 1630 g/mol. The normalized spacial score (nSPS) is 11.6. The number of furan rings is 3. The van der Waals surface area contributed by atoms with Gasteiger partial charge in [-0.2, -0.15) is 0 Å². The van der Waals surface area contributed by atoms with Crippen LogP contribution >= 0.6 is 0 Å². The van der Waals surface area contributed by atoms with Gasteiger partial charge in [-0.15, -0.1) is 0 Å².